The number of nitrogens with one attached hydrogen (secondary N) is 1. The predicted molar refractivity (Wildman–Crippen MR) is 135 cm³/mol. The molecule has 1 aliphatic heterocycles. The van der Waals surface area contributed by atoms with Crippen molar-refractivity contribution >= 4 is 21.9 Å². The number of hydrogen-bond acceptors (Lipinski definition) is 7. The van der Waals surface area contributed by atoms with Crippen molar-refractivity contribution in [3.05, 3.63) is 53.6 Å². The first kappa shape index (κ1) is 27.5. The van der Waals surface area contributed by atoms with Crippen LogP contribution in [-0.2, 0) is 26.0 Å². The monoisotopic (exact) mass is 518 g/mol. The van der Waals surface area contributed by atoms with Crippen LogP contribution in [0.25, 0.3) is 0 Å². The Morgan fingerprint density at radius 2 is 1.61 bits per heavy atom. The van der Waals surface area contributed by atoms with Gasteiger partial charge in [0.05, 0.1) is 24.7 Å². The number of hydrogen-bond donors (Lipinski definition) is 1. The van der Waals surface area contributed by atoms with Crippen molar-refractivity contribution in [3.63, 3.8) is 0 Å². The van der Waals surface area contributed by atoms with E-state index in [2.05, 4.69) is 5.32 Å². The second-order valence-electron chi connectivity index (χ2n) is 9.16. The van der Waals surface area contributed by atoms with Crippen molar-refractivity contribution in [2.45, 2.75) is 31.6 Å². The number of sulfonamides is 1. The van der Waals surface area contributed by atoms with E-state index in [1.807, 2.05) is 26.0 Å². The maximum Gasteiger partial charge on any atom is 0.338 e. The molecule has 36 heavy (non-hydrogen) atoms. The van der Waals surface area contributed by atoms with Gasteiger partial charge < -0.3 is 19.5 Å². The minimum Gasteiger partial charge on any atom is -0.493 e. The van der Waals surface area contributed by atoms with Gasteiger partial charge in [-0.25, -0.2) is 13.2 Å². The maximum absolute atomic E-state index is 13.0. The number of nitrogens with zero attached hydrogens (tertiary/aromatic N) is 1. The molecule has 2 atom stereocenters. The van der Waals surface area contributed by atoms with Crippen LogP contribution in [0.4, 0.5) is 0 Å². The molecule has 0 spiro atoms. The van der Waals surface area contributed by atoms with E-state index in [4.69, 9.17) is 14.2 Å². The van der Waals surface area contributed by atoms with Crippen LogP contribution >= 0.6 is 0 Å². The van der Waals surface area contributed by atoms with Gasteiger partial charge in [0.2, 0.25) is 10.0 Å². The lowest BCUT2D eigenvalue weighted by Crippen LogP contribution is -2.42. The molecule has 1 heterocycles. The third kappa shape index (κ3) is 6.98. The maximum atomic E-state index is 13.0. The molecule has 9 nitrogen and oxygen atoms in total. The van der Waals surface area contributed by atoms with Crippen LogP contribution in [0.2, 0.25) is 0 Å². The zero-order chi connectivity index (χ0) is 26.3. The summed E-state index contributed by atoms with van der Waals surface area (Å²) in [5.41, 5.74) is 1.13. The third-order valence-corrected chi connectivity index (χ3v) is 7.93. The van der Waals surface area contributed by atoms with Crippen molar-refractivity contribution in [2.24, 2.45) is 11.8 Å². The van der Waals surface area contributed by atoms with Crippen LogP contribution in [-0.4, -0.2) is 65.1 Å². The zero-order valence-electron chi connectivity index (χ0n) is 21.2. The number of ether oxygens (including phenoxy) is 3. The first-order valence-electron chi connectivity index (χ1n) is 11.9. The molecule has 1 amide bonds. The van der Waals surface area contributed by atoms with Crippen LogP contribution in [0.3, 0.4) is 0 Å². The van der Waals surface area contributed by atoms with Crippen molar-refractivity contribution in [2.75, 3.05) is 40.5 Å². The van der Waals surface area contributed by atoms with Gasteiger partial charge in [0.15, 0.2) is 18.1 Å². The first-order valence-corrected chi connectivity index (χ1v) is 13.3. The first-order chi connectivity index (χ1) is 17.1. The summed E-state index contributed by atoms with van der Waals surface area (Å²) >= 11 is 0. The summed E-state index contributed by atoms with van der Waals surface area (Å²) in [6.07, 6.45) is 1.56. The molecule has 0 radical (unpaired) electrons. The number of carbonyl (C=O) groups excluding carboxylic acids is 2. The minimum absolute atomic E-state index is 0.133. The molecule has 1 saturated heterocycles. The molecule has 0 bridgehead atoms. The smallest absolute Gasteiger partial charge is 0.338 e. The number of rotatable bonds is 10. The molecule has 1 N–H and O–H groups in total. The number of amides is 1. The van der Waals surface area contributed by atoms with E-state index in [0.29, 0.717) is 49.4 Å². The average Bonchev–Trinajstić information content (AvgIpc) is 2.86. The van der Waals surface area contributed by atoms with E-state index in [1.165, 1.54) is 28.6 Å². The zero-order valence-corrected chi connectivity index (χ0v) is 22.0. The molecule has 0 unspecified atom stereocenters. The Morgan fingerprint density at radius 3 is 2.22 bits per heavy atom. The summed E-state index contributed by atoms with van der Waals surface area (Å²) in [6, 6.07) is 11.1. The van der Waals surface area contributed by atoms with Crippen molar-refractivity contribution < 1.29 is 32.2 Å². The number of piperidine rings is 1. The van der Waals surface area contributed by atoms with Gasteiger partial charge in [-0.3, -0.25) is 4.79 Å². The number of methoxy groups -OCH3 is 2. The molecule has 1 aliphatic rings. The van der Waals surface area contributed by atoms with E-state index < -0.39 is 28.5 Å². The highest BCUT2D eigenvalue weighted by Crippen LogP contribution is 2.28. The van der Waals surface area contributed by atoms with Gasteiger partial charge in [0.25, 0.3) is 5.91 Å². The summed E-state index contributed by atoms with van der Waals surface area (Å²) in [6.45, 7) is 4.98. The quantitative estimate of drug-likeness (QED) is 0.482. The van der Waals surface area contributed by atoms with Gasteiger partial charge in [-0.1, -0.05) is 19.9 Å². The van der Waals surface area contributed by atoms with E-state index in [1.54, 1.807) is 20.3 Å². The SMILES string of the molecule is COc1ccc(CCNC(=O)COC(=O)c2ccc(S(=O)(=O)N3C[C@@H](C)C[C@H](C)C3)cc2)cc1OC. The summed E-state index contributed by atoms with van der Waals surface area (Å²) in [5.74, 6) is 0.684. The van der Waals surface area contributed by atoms with E-state index >= 15 is 0 Å². The molecular weight excluding hydrogens is 484 g/mol. The Bertz CT molecular complexity index is 1160. The second kappa shape index (κ2) is 12.2. The van der Waals surface area contributed by atoms with Crippen LogP contribution in [0.15, 0.2) is 47.4 Å². The lowest BCUT2D eigenvalue weighted by molar-refractivity contribution is -0.124. The predicted octanol–water partition coefficient (Wildman–Crippen LogP) is 2.89. The van der Waals surface area contributed by atoms with Crippen LogP contribution in [0, 0.1) is 11.8 Å². The lowest BCUT2D eigenvalue weighted by atomic mass is 9.94. The fourth-order valence-electron chi connectivity index (χ4n) is 4.36. The third-order valence-electron chi connectivity index (χ3n) is 6.08. The molecule has 0 saturated carbocycles. The van der Waals surface area contributed by atoms with Crippen molar-refractivity contribution in [3.8, 4) is 11.5 Å². The van der Waals surface area contributed by atoms with Crippen molar-refractivity contribution in [1.82, 2.24) is 9.62 Å². The molecule has 1 fully saturated rings. The van der Waals surface area contributed by atoms with Gasteiger partial charge in [-0.2, -0.15) is 4.31 Å². The molecule has 10 heteroatoms. The molecular formula is C26H34N2O7S. The highest BCUT2D eigenvalue weighted by molar-refractivity contribution is 7.89. The topological polar surface area (TPSA) is 111 Å². The molecule has 2 aromatic rings. The lowest BCUT2D eigenvalue weighted by Gasteiger charge is -2.34. The molecule has 3 rings (SSSR count). The Balaban J connectivity index is 1.48. The molecule has 0 aliphatic carbocycles. The number of esters is 1. The summed E-state index contributed by atoms with van der Waals surface area (Å²) < 4.78 is 43.0. The normalized spacial score (nSPS) is 18.3. The summed E-state index contributed by atoms with van der Waals surface area (Å²) in [7, 11) is -0.519. The fraction of sp³-hybridized carbons (Fsp3) is 0.462. The van der Waals surface area contributed by atoms with Gasteiger partial charge in [-0.15, -0.1) is 0 Å². The van der Waals surface area contributed by atoms with Crippen LogP contribution in [0.5, 0.6) is 11.5 Å². The summed E-state index contributed by atoms with van der Waals surface area (Å²) in [5, 5.41) is 2.70. The second-order valence-corrected chi connectivity index (χ2v) is 11.1. The highest BCUT2D eigenvalue weighted by Gasteiger charge is 2.31. The molecule has 2 aromatic carbocycles. The highest BCUT2D eigenvalue weighted by atomic mass is 32.2. The standard InChI is InChI=1S/C26H34N2O7S/c1-18-13-19(2)16-28(15-18)36(31,32)22-8-6-21(7-9-22)26(30)35-17-25(29)27-12-11-20-5-10-23(33-3)24(14-20)34-4/h5-10,14,18-19H,11-13,15-17H2,1-4H3,(H,27,29)/t18-,19-/m0/s1. The largest absolute Gasteiger partial charge is 0.493 e. The molecule has 196 valence electrons. The Labute approximate surface area is 212 Å². The minimum atomic E-state index is -3.64. The Kier molecular flexibility index (Phi) is 9.33. The number of benzene rings is 2. The molecule has 0 aromatic heterocycles. The fourth-order valence-corrected chi connectivity index (χ4v) is 6.04. The van der Waals surface area contributed by atoms with Gasteiger partial charge in [0.1, 0.15) is 0 Å². The van der Waals surface area contributed by atoms with Gasteiger partial charge >= 0.3 is 5.97 Å². The summed E-state index contributed by atoms with van der Waals surface area (Å²) in [4.78, 5) is 24.6. The Morgan fingerprint density at radius 1 is 0.972 bits per heavy atom. The van der Waals surface area contributed by atoms with Crippen LogP contribution in [0.1, 0.15) is 36.2 Å². The van der Waals surface area contributed by atoms with Crippen molar-refractivity contribution in [1.29, 1.82) is 0 Å². The average molecular weight is 519 g/mol. The van der Waals surface area contributed by atoms with E-state index in [0.717, 1.165) is 12.0 Å². The Hall–Kier alpha value is -3.11. The van der Waals surface area contributed by atoms with Crippen LogP contribution < -0.4 is 14.8 Å². The van der Waals surface area contributed by atoms with Gasteiger partial charge in [-0.05, 0) is 66.6 Å². The van der Waals surface area contributed by atoms with Gasteiger partial charge in [0, 0.05) is 19.6 Å². The van der Waals surface area contributed by atoms with E-state index in [-0.39, 0.29) is 10.5 Å². The van der Waals surface area contributed by atoms with E-state index in [9.17, 15) is 18.0 Å². The number of carbonyl (C=O) groups is 2.